The van der Waals surface area contributed by atoms with Crippen LogP contribution in [0.1, 0.15) is 42.6 Å². The van der Waals surface area contributed by atoms with Crippen LogP contribution >= 0.6 is 15.9 Å². The first-order chi connectivity index (χ1) is 11.0. The van der Waals surface area contributed by atoms with Crippen molar-refractivity contribution in [2.45, 2.75) is 32.1 Å². The fourth-order valence-electron chi connectivity index (χ4n) is 5.57. The van der Waals surface area contributed by atoms with E-state index in [4.69, 9.17) is 5.73 Å². The fraction of sp³-hybridized carbons (Fsp3) is 0.647. The Bertz CT molecular complexity index is 640. The van der Waals surface area contributed by atoms with Crippen molar-refractivity contribution in [1.82, 2.24) is 10.3 Å². The summed E-state index contributed by atoms with van der Waals surface area (Å²) in [6.45, 7) is 0.701. The Morgan fingerprint density at radius 3 is 2.52 bits per heavy atom. The van der Waals surface area contributed by atoms with Crippen LogP contribution in [0.3, 0.4) is 0 Å². The van der Waals surface area contributed by atoms with Crippen molar-refractivity contribution in [3.63, 3.8) is 0 Å². The Morgan fingerprint density at radius 2 is 1.96 bits per heavy atom. The summed E-state index contributed by atoms with van der Waals surface area (Å²) in [5.41, 5.74) is 6.05. The Morgan fingerprint density at radius 1 is 1.26 bits per heavy atom. The van der Waals surface area contributed by atoms with Crippen molar-refractivity contribution < 1.29 is 9.59 Å². The van der Waals surface area contributed by atoms with Crippen molar-refractivity contribution >= 4 is 27.7 Å². The fourth-order valence-corrected chi connectivity index (χ4v) is 5.92. The van der Waals surface area contributed by atoms with Crippen molar-refractivity contribution in [3.05, 3.63) is 22.4 Å². The maximum Gasteiger partial charge on any atom is 0.267 e. The first kappa shape index (κ1) is 15.2. The van der Waals surface area contributed by atoms with Gasteiger partial charge in [0, 0.05) is 12.0 Å². The van der Waals surface area contributed by atoms with Crippen LogP contribution in [0.15, 0.2) is 16.7 Å². The number of hydrogen-bond acceptors (Lipinski definition) is 2. The van der Waals surface area contributed by atoms with Gasteiger partial charge in [-0.2, -0.15) is 0 Å². The van der Waals surface area contributed by atoms with Crippen molar-refractivity contribution in [2.24, 2.45) is 34.8 Å². The van der Waals surface area contributed by atoms with E-state index in [9.17, 15) is 9.59 Å². The van der Waals surface area contributed by atoms with E-state index < -0.39 is 0 Å². The molecule has 1 aromatic heterocycles. The first-order valence-electron chi connectivity index (χ1n) is 8.39. The number of carbonyl (C=O) groups is 2. The van der Waals surface area contributed by atoms with Crippen molar-refractivity contribution in [1.29, 1.82) is 0 Å². The summed E-state index contributed by atoms with van der Waals surface area (Å²) in [5, 5.41) is 3.07. The lowest BCUT2D eigenvalue weighted by Gasteiger charge is -2.59. The molecule has 4 fully saturated rings. The van der Waals surface area contributed by atoms with E-state index in [1.165, 1.54) is 12.8 Å². The second kappa shape index (κ2) is 5.36. The minimum atomic E-state index is -0.249. The second-order valence-electron chi connectivity index (χ2n) is 7.71. The third-order valence-electron chi connectivity index (χ3n) is 6.38. The molecule has 6 heteroatoms. The number of primary amides is 1. The van der Waals surface area contributed by atoms with Crippen LogP contribution in [-0.4, -0.2) is 23.3 Å². The van der Waals surface area contributed by atoms with Gasteiger partial charge in [-0.15, -0.1) is 0 Å². The molecule has 0 aromatic carbocycles. The molecule has 1 aromatic rings. The van der Waals surface area contributed by atoms with Gasteiger partial charge in [-0.05, 0) is 83.8 Å². The summed E-state index contributed by atoms with van der Waals surface area (Å²) >= 11 is 3.32. The van der Waals surface area contributed by atoms with Crippen molar-refractivity contribution in [3.8, 4) is 0 Å². The lowest BCUT2D eigenvalue weighted by Crippen LogP contribution is -2.57. The number of aromatic amines is 1. The number of nitrogens with one attached hydrogen (secondary N) is 2. The molecule has 2 amide bonds. The molecule has 0 aliphatic heterocycles. The van der Waals surface area contributed by atoms with Gasteiger partial charge in [0.2, 0.25) is 5.91 Å². The summed E-state index contributed by atoms with van der Waals surface area (Å²) in [5.74, 6) is 2.05. The second-order valence-corrected chi connectivity index (χ2v) is 8.56. The SMILES string of the molecule is NC(=O)C12CC3CC(C1)C(CNC(=O)c1ccc(Br)[nH]1)C(C3)C2. The van der Waals surface area contributed by atoms with E-state index in [0.29, 0.717) is 35.9 Å². The molecule has 2 unspecified atom stereocenters. The first-order valence-corrected chi connectivity index (χ1v) is 9.19. The van der Waals surface area contributed by atoms with E-state index >= 15 is 0 Å². The molecule has 4 N–H and O–H groups in total. The zero-order valence-corrected chi connectivity index (χ0v) is 14.6. The molecule has 23 heavy (non-hydrogen) atoms. The number of rotatable bonds is 4. The zero-order valence-electron chi connectivity index (χ0n) is 13.0. The van der Waals surface area contributed by atoms with Crippen LogP contribution in [0.5, 0.6) is 0 Å². The van der Waals surface area contributed by atoms with Gasteiger partial charge in [0.25, 0.3) is 5.91 Å². The number of H-pyrrole nitrogens is 1. The number of carbonyl (C=O) groups excluding carboxylic acids is 2. The smallest absolute Gasteiger partial charge is 0.267 e. The van der Waals surface area contributed by atoms with Gasteiger partial charge >= 0.3 is 0 Å². The highest BCUT2D eigenvalue weighted by Crippen LogP contribution is 2.61. The van der Waals surface area contributed by atoms with Gasteiger partial charge in [-0.25, -0.2) is 0 Å². The largest absolute Gasteiger partial charge is 0.369 e. The molecule has 0 spiro atoms. The van der Waals surface area contributed by atoms with Gasteiger partial charge in [0.15, 0.2) is 0 Å². The monoisotopic (exact) mass is 379 g/mol. The van der Waals surface area contributed by atoms with Crippen LogP contribution in [0.2, 0.25) is 0 Å². The lowest BCUT2D eigenvalue weighted by molar-refractivity contribution is -0.149. The van der Waals surface area contributed by atoms with Crippen LogP contribution < -0.4 is 11.1 Å². The molecule has 1 heterocycles. The van der Waals surface area contributed by atoms with Crippen LogP contribution in [0, 0.1) is 29.1 Å². The minimum Gasteiger partial charge on any atom is -0.369 e. The molecule has 0 saturated heterocycles. The maximum atomic E-state index is 12.2. The molecular formula is C17H22BrN3O2. The Balaban J connectivity index is 1.43. The molecule has 5 rings (SSSR count). The number of amides is 2. The van der Waals surface area contributed by atoms with Gasteiger partial charge < -0.3 is 16.0 Å². The highest BCUT2D eigenvalue weighted by Gasteiger charge is 2.57. The van der Waals surface area contributed by atoms with Crippen LogP contribution in [0.25, 0.3) is 0 Å². The molecule has 5 nitrogen and oxygen atoms in total. The molecule has 2 atom stereocenters. The molecule has 4 aliphatic rings. The summed E-state index contributed by atoms with van der Waals surface area (Å²) in [6, 6.07) is 3.60. The molecule has 124 valence electrons. The summed E-state index contributed by atoms with van der Waals surface area (Å²) in [7, 11) is 0. The summed E-state index contributed by atoms with van der Waals surface area (Å²) in [6.07, 6.45) is 5.22. The Labute approximate surface area is 143 Å². The molecule has 4 saturated carbocycles. The molecular weight excluding hydrogens is 358 g/mol. The third-order valence-corrected chi connectivity index (χ3v) is 6.85. The van der Waals surface area contributed by atoms with Gasteiger partial charge in [0.05, 0.1) is 4.60 Å². The lowest BCUT2D eigenvalue weighted by atomic mass is 9.46. The van der Waals surface area contributed by atoms with E-state index in [2.05, 4.69) is 26.2 Å². The summed E-state index contributed by atoms with van der Waals surface area (Å²) < 4.78 is 0.806. The molecule has 4 aliphatic carbocycles. The predicted molar refractivity (Wildman–Crippen MR) is 89.5 cm³/mol. The van der Waals surface area contributed by atoms with E-state index in [0.717, 1.165) is 23.9 Å². The highest BCUT2D eigenvalue weighted by molar-refractivity contribution is 9.10. The quantitative estimate of drug-likeness (QED) is 0.749. The number of halogens is 1. The number of nitrogens with two attached hydrogens (primary N) is 1. The van der Waals surface area contributed by atoms with Crippen molar-refractivity contribution in [2.75, 3.05) is 6.54 Å². The number of hydrogen-bond donors (Lipinski definition) is 3. The average Bonchev–Trinajstić information content (AvgIpc) is 2.92. The molecule has 0 radical (unpaired) electrons. The van der Waals surface area contributed by atoms with E-state index in [1.807, 2.05) is 6.07 Å². The van der Waals surface area contributed by atoms with Gasteiger partial charge in [0.1, 0.15) is 5.69 Å². The molecule has 4 bridgehead atoms. The number of aromatic nitrogens is 1. The van der Waals surface area contributed by atoms with E-state index in [1.54, 1.807) is 6.07 Å². The average molecular weight is 380 g/mol. The topological polar surface area (TPSA) is 88.0 Å². The minimum absolute atomic E-state index is 0.0610. The van der Waals surface area contributed by atoms with Crippen LogP contribution in [-0.2, 0) is 4.79 Å². The van der Waals surface area contributed by atoms with Crippen LogP contribution in [0.4, 0.5) is 0 Å². The van der Waals surface area contributed by atoms with Gasteiger partial charge in [-0.3, -0.25) is 9.59 Å². The predicted octanol–water partition coefficient (Wildman–Crippen LogP) is 2.43. The zero-order chi connectivity index (χ0) is 16.2. The third kappa shape index (κ3) is 2.51. The standard InChI is InChI=1S/C17H22BrN3O2/c18-14-2-1-13(21-14)15(22)20-8-12-10-3-9-4-11(12)7-17(5-9,6-10)16(19)23/h1-2,9-12,21H,3-8H2,(H2,19,23)(H,20,22). The Kier molecular flexibility index (Phi) is 3.55. The van der Waals surface area contributed by atoms with E-state index in [-0.39, 0.29) is 17.2 Å². The highest BCUT2D eigenvalue weighted by atomic mass is 79.9. The summed E-state index contributed by atoms with van der Waals surface area (Å²) in [4.78, 5) is 27.2. The maximum absolute atomic E-state index is 12.2. The Hall–Kier alpha value is -1.30. The van der Waals surface area contributed by atoms with Gasteiger partial charge in [-0.1, -0.05) is 0 Å². The normalized spacial score (nSPS) is 37.8.